The first-order valence-corrected chi connectivity index (χ1v) is 6.18. The summed E-state index contributed by atoms with van der Waals surface area (Å²) in [6.07, 6.45) is 0. The fourth-order valence-electron chi connectivity index (χ4n) is 2.08. The molecule has 0 saturated carbocycles. The average molecular weight is 244 g/mol. The number of thiophene rings is 1. The monoisotopic (exact) mass is 244 g/mol. The van der Waals surface area contributed by atoms with Gasteiger partial charge in [-0.2, -0.15) is 0 Å². The van der Waals surface area contributed by atoms with Crippen molar-refractivity contribution >= 4 is 22.7 Å². The molecule has 0 spiro atoms. The van der Waals surface area contributed by atoms with Crippen LogP contribution < -0.4 is 10.1 Å². The third kappa shape index (κ3) is 1.45. The highest BCUT2D eigenvalue weighted by Crippen LogP contribution is 2.44. The van der Waals surface area contributed by atoms with E-state index >= 15 is 0 Å². The molecule has 3 nitrogen and oxygen atoms in total. The Hall–Kier alpha value is -1.81. The Morgan fingerprint density at radius 1 is 1.41 bits per heavy atom. The maximum absolute atomic E-state index is 5.22. The third-order valence-corrected chi connectivity index (χ3v) is 3.87. The van der Waals surface area contributed by atoms with Gasteiger partial charge in [0.05, 0.1) is 23.4 Å². The molecule has 86 valence electrons. The van der Waals surface area contributed by atoms with Crippen molar-refractivity contribution in [3.8, 4) is 17.0 Å². The number of aryl methyl sites for hydroxylation is 1. The maximum Gasteiger partial charge on any atom is 0.213 e. The normalized spacial score (nSPS) is 12.7. The largest absolute Gasteiger partial charge is 0.481 e. The summed E-state index contributed by atoms with van der Waals surface area (Å²) < 4.78 is 5.22. The molecule has 4 heteroatoms. The van der Waals surface area contributed by atoms with Gasteiger partial charge in [-0.15, -0.1) is 11.3 Å². The van der Waals surface area contributed by atoms with Gasteiger partial charge in [0.2, 0.25) is 5.88 Å². The van der Waals surface area contributed by atoms with Crippen LogP contribution in [-0.4, -0.2) is 12.1 Å². The topological polar surface area (TPSA) is 34.1 Å². The van der Waals surface area contributed by atoms with Gasteiger partial charge in [0.15, 0.2) is 0 Å². The first-order chi connectivity index (χ1) is 8.20. The Labute approximate surface area is 104 Å². The van der Waals surface area contributed by atoms with Crippen molar-refractivity contribution in [2.75, 3.05) is 12.4 Å². The van der Waals surface area contributed by atoms with Gasteiger partial charge in [0.25, 0.3) is 0 Å². The van der Waals surface area contributed by atoms with Gasteiger partial charge in [-0.05, 0) is 18.4 Å². The number of aromatic nitrogens is 1. The first-order valence-electron chi connectivity index (χ1n) is 5.30. The molecule has 2 aromatic heterocycles. The molecule has 1 N–H and O–H groups in total. The first kappa shape index (κ1) is 10.4. The molecule has 0 aliphatic carbocycles. The Morgan fingerprint density at radius 2 is 2.24 bits per heavy atom. The van der Waals surface area contributed by atoms with E-state index in [4.69, 9.17) is 4.74 Å². The van der Waals surface area contributed by atoms with E-state index in [-0.39, 0.29) is 0 Å². The van der Waals surface area contributed by atoms with Crippen LogP contribution >= 0.6 is 11.3 Å². The fourth-order valence-corrected chi connectivity index (χ4v) is 2.92. The highest BCUT2D eigenvalue weighted by molar-refractivity contribution is 7.11. The Kier molecular flexibility index (Phi) is 2.19. The molecule has 3 rings (SSSR count). The zero-order valence-corrected chi connectivity index (χ0v) is 10.5. The molecule has 1 aliphatic rings. The van der Waals surface area contributed by atoms with E-state index in [9.17, 15) is 0 Å². The summed E-state index contributed by atoms with van der Waals surface area (Å²) in [5.74, 6) is 0.646. The van der Waals surface area contributed by atoms with Crippen LogP contribution in [0, 0.1) is 6.92 Å². The molecule has 0 bridgehead atoms. The molecular weight excluding hydrogens is 232 g/mol. The predicted octanol–water partition coefficient (Wildman–Crippen LogP) is 3.52. The van der Waals surface area contributed by atoms with E-state index in [1.165, 1.54) is 10.4 Å². The molecule has 0 unspecified atom stereocenters. The minimum absolute atomic E-state index is 0.646. The molecule has 0 amide bonds. The number of nitrogens with zero attached hydrogens (tertiary/aromatic N) is 1. The van der Waals surface area contributed by atoms with E-state index < -0.39 is 0 Å². The van der Waals surface area contributed by atoms with Gasteiger partial charge in [-0.25, -0.2) is 4.98 Å². The number of nitrogens with one attached hydrogen (secondary N) is 1. The molecule has 17 heavy (non-hydrogen) atoms. The van der Waals surface area contributed by atoms with Crippen molar-refractivity contribution in [1.29, 1.82) is 0 Å². The van der Waals surface area contributed by atoms with E-state index in [1.807, 2.05) is 13.0 Å². The van der Waals surface area contributed by atoms with Crippen LogP contribution in [0.2, 0.25) is 0 Å². The van der Waals surface area contributed by atoms with E-state index in [0.29, 0.717) is 5.88 Å². The number of methoxy groups -OCH3 is 1. The second kappa shape index (κ2) is 3.60. The SMILES string of the molecule is C=C1Nc2c(cc(OC)nc2C)-c2ccsc21. The van der Waals surface area contributed by atoms with Crippen molar-refractivity contribution in [3.63, 3.8) is 0 Å². The number of hydrogen-bond donors (Lipinski definition) is 1. The second-order valence-electron chi connectivity index (χ2n) is 3.94. The lowest BCUT2D eigenvalue weighted by molar-refractivity contribution is 0.397. The van der Waals surface area contributed by atoms with Gasteiger partial charge in [-0.1, -0.05) is 6.58 Å². The van der Waals surface area contributed by atoms with Crippen molar-refractivity contribution in [2.45, 2.75) is 6.92 Å². The van der Waals surface area contributed by atoms with E-state index in [0.717, 1.165) is 22.6 Å². The zero-order valence-electron chi connectivity index (χ0n) is 9.70. The third-order valence-electron chi connectivity index (χ3n) is 2.89. The van der Waals surface area contributed by atoms with Gasteiger partial charge in [0.1, 0.15) is 0 Å². The predicted molar refractivity (Wildman–Crippen MR) is 71.5 cm³/mol. The van der Waals surface area contributed by atoms with Crippen LogP contribution in [0.3, 0.4) is 0 Å². The smallest absolute Gasteiger partial charge is 0.213 e. The summed E-state index contributed by atoms with van der Waals surface area (Å²) in [7, 11) is 1.64. The van der Waals surface area contributed by atoms with E-state index in [1.54, 1.807) is 18.4 Å². The summed E-state index contributed by atoms with van der Waals surface area (Å²) in [5, 5.41) is 5.40. The van der Waals surface area contributed by atoms with Crippen molar-refractivity contribution in [3.05, 3.63) is 34.7 Å². The maximum atomic E-state index is 5.22. The summed E-state index contributed by atoms with van der Waals surface area (Å²) >= 11 is 1.69. The van der Waals surface area contributed by atoms with Crippen molar-refractivity contribution in [1.82, 2.24) is 4.98 Å². The van der Waals surface area contributed by atoms with Crippen molar-refractivity contribution < 1.29 is 4.74 Å². The summed E-state index contributed by atoms with van der Waals surface area (Å²) in [4.78, 5) is 5.56. The minimum Gasteiger partial charge on any atom is -0.481 e. The van der Waals surface area contributed by atoms with Gasteiger partial charge in [0, 0.05) is 22.9 Å². The summed E-state index contributed by atoms with van der Waals surface area (Å²) in [6.45, 7) is 6.02. The molecule has 0 fully saturated rings. The van der Waals surface area contributed by atoms with Crippen LogP contribution in [0.4, 0.5) is 5.69 Å². The Morgan fingerprint density at radius 3 is 3.00 bits per heavy atom. The highest BCUT2D eigenvalue weighted by atomic mass is 32.1. The minimum atomic E-state index is 0.646. The molecule has 1 aliphatic heterocycles. The Bertz CT molecular complexity index is 616. The second-order valence-corrected chi connectivity index (χ2v) is 4.86. The number of pyridine rings is 1. The lowest BCUT2D eigenvalue weighted by Gasteiger charge is -2.22. The van der Waals surface area contributed by atoms with Crippen LogP contribution in [-0.2, 0) is 0 Å². The average Bonchev–Trinajstić information content (AvgIpc) is 2.80. The Balaban J connectivity index is 2.31. The zero-order chi connectivity index (χ0) is 12.0. The fraction of sp³-hybridized carbons (Fsp3) is 0.154. The van der Waals surface area contributed by atoms with Gasteiger partial charge < -0.3 is 10.1 Å². The summed E-state index contributed by atoms with van der Waals surface area (Å²) in [6, 6.07) is 4.08. The lowest BCUT2D eigenvalue weighted by atomic mass is 9.99. The van der Waals surface area contributed by atoms with Gasteiger partial charge in [-0.3, -0.25) is 0 Å². The van der Waals surface area contributed by atoms with Gasteiger partial charge >= 0.3 is 0 Å². The van der Waals surface area contributed by atoms with Crippen LogP contribution in [0.1, 0.15) is 10.6 Å². The number of ether oxygens (including phenoxy) is 1. The van der Waals surface area contributed by atoms with Crippen LogP contribution in [0.25, 0.3) is 16.8 Å². The molecular formula is C13H12N2OS. The molecule has 3 heterocycles. The quantitative estimate of drug-likeness (QED) is 0.833. The standard InChI is InChI=1S/C13H12N2OS/c1-7-12-10(6-11(14-7)16-3)9-4-5-17-13(9)8(2)15-12/h4-6,15H,2H2,1,3H3. The lowest BCUT2D eigenvalue weighted by Crippen LogP contribution is -2.07. The highest BCUT2D eigenvalue weighted by Gasteiger charge is 2.22. The molecule has 0 aromatic carbocycles. The van der Waals surface area contributed by atoms with E-state index in [2.05, 4.69) is 28.3 Å². The molecule has 0 saturated heterocycles. The molecule has 0 atom stereocenters. The number of fused-ring (bicyclic) bond motifs is 3. The number of rotatable bonds is 1. The van der Waals surface area contributed by atoms with Crippen LogP contribution in [0.15, 0.2) is 24.1 Å². The number of hydrogen-bond acceptors (Lipinski definition) is 4. The number of anilines is 1. The summed E-state index contributed by atoms with van der Waals surface area (Å²) in [5.41, 5.74) is 5.24. The molecule has 0 radical (unpaired) electrons. The van der Waals surface area contributed by atoms with Crippen molar-refractivity contribution in [2.24, 2.45) is 0 Å². The van der Waals surface area contributed by atoms with Crippen LogP contribution in [0.5, 0.6) is 5.88 Å². The molecule has 2 aromatic rings.